The van der Waals surface area contributed by atoms with Gasteiger partial charge in [-0.3, -0.25) is 9.78 Å². The number of fused-ring (bicyclic) bond motifs is 1. The van der Waals surface area contributed by atoms with Crippen LogP contribution in [-0.4, -0.2) is 42.8 Å². The minimum atomic E-state index is -0.149. The zero-order chi connectivity index (χ0) is 26.3. The number of ketones is 1. The van der Waals surface area contributed by atoms with E-state index in [0.717, 1.165) is 65.1 Å². The number of nitrogens with zero attached hydrogens (tertiary/aromatic N) is 5. The molecule has 0 fully saturated rings. The number of carbonyl (C=O) groups is 1. The first kappa shape index (κ1) is 27.7. The molecule has 1 atom stereocenters. The van der Waals surface area contributed by atoms with Crippen molar-refractivity contribution in [2.24, 2.45) is 0 Å². The number of pyridine rings is 1. The number of aryl methyl sites for hydroxylation is 1. The van der Waals surface area contributed by atoms with Crippen LogP contribution in [0.3, 0.4) is 0 Å². The van der Waals surface area contributed by atoms with E-state index in [0.29, 0.717) is 12.4 Å². The van der Waals surface area contributed by atoms with Gasteiger partial charge in [0.2, 0.25) is 11.7 Å². The number of ether oxygens (including phenoxy) is 1. The number of oxazole rings is 1. The lowest BCUT2D eigenvalue weighted by atomic mass is 10.1. The van der Waals surface area contributed by atoms with Gasteiger partial charge >= 0.3 is 0 Å². The van der Waals surface area contributed by atoms with Crippen LogP contribution in [0.5, 0.6) is 5.75 Å². The first-order valence-corrected chi connectivity index (χ1v) is 12.6. The second-order valence-corrected chi connectivity index (χ2v) is 9.01. The maximum absolute atomic E-state index is 12.1. The largest absolute Gasteiger partial charge is 0.496 e. The summed E-state index contributed by atoms with van der Waals surface area (Å²) in [6.45, 7) is 1.97. The lowest BCUT2D eigenvalue weighted by Gasteiger charge is -2.16. The van der Waals surface area contributed by atoms with Crippen molar-refractivity contribution in [2.75, 3.05) is 12.4 Å². The smallest absolute Gasteiger partial charge is 0.263 e. The fourth-order valence-electron chi connectivity index (χ4n) is 4.37. The van der Waals surface area contributed by atoms with E-state index in [9.17, 15) is 4.79 Å². The maximum Gasteiger partial charge on any atom is 0.263 e. The molecule has 0 spiro atoms. The Morgan fingerprint density at radius 1 is 1.08 bits per heavy atom. The molecule has 0 aliphatic carbocycles. The van der Waals surface area contributed by atoms with Crippen LogP contribution in [0.25, 0.3) is 22.2 Å². The number of hydrogen-bond donors (Lipinski definition) is 2. The summed E-state index contributed by atoms with van der Waals surface area (Å²) in [6.07, 6.45) is 11.8. The third-order valence-corrected chi connectivity index (χ3v) is 6.30. The second kappa shape index (κ2) is 13.0. The van der Waals surface area contributed by atoms with E-state index in [4.69, 9.17) is 14.1 Å². The summed E-state index contributed by atoms with van der Waals surface area (Å²) in [7, 11) is 1.65. The summed E-state index contributed by atoms with van der Waals surface area (Å²) >= 11 is 0. The van der Waals surface area contributed by atoms with Gasteiger partial charge in [0.25, 0.3) is 5.89 Å². The molecule has 39 heavy (non-hydrogen) atoms. The summed E-state index contributed by atoms with van der Waals surface area (Å²) < 4.78 is 10.8. The fraction of sp³-hybridized carbons (Fsp3) is 0.286. The summed E-state index contributed by atoms with van der Waals surface area (Å²) in [4.78, 5) is 37.5. The van der Waals surface area contributed by atoms with Crippen LogP contribution in [0.15, 0.2) is 65.8 Å². The highest BCUT2D eigenvalue weighted by molar-refractivity contribution is 5.91. The van der Waals surface area contributed by atoms with Crippen LogP contribution in [0.2, 0.25) is 0 Å². The zero-order valence-corrected chi connectivity index (χ0v) is 22.6. The van der Waals surface area contributed by atoms with Crippen LogP contribution in [0, 0.1) is 6.92 Å². The van der Waals surface area contributed by atoms with Crippen molar-refractivity contribution in [2.45, 2.75) is 45.1 Å². The number of Topliss-reactive ketones (excluding diaryl/α,β-unsaturated/α-hetero) is 1. The number of methoxy groups -OCH3 is 1. The number of H-pyrrole nitrogens is 1. The minimum Gasteiger partial charge on any atom is -0.496 e. The molecule has 10 nitrogen and oxygen atoms in total. The van der Waals surface area contributed by atoms with E-state index < -0.39 is 0 Å². The average molecular weight is 548 g/mol. The molecule has 0 aliphatic heterocycles. The number of aromatic nitrogens is 6. The molecule has 11 heteroatoms. The predicted molar refractivity (Wildman–Crippen MR) is 150 cm³/mol. The first-order valence-electron chi connectivity index (χ1n) is 12.6. The van der Waals surface area contributed by atoms with Crippen molar-refractivity contribution in [1.29, 1.82) is 0 Å². The molecule has 0 amide bonds. The molecule has 5 rings (SSSR count). The number of benzene rings is 1. The molecule has 0 unspecified atom stereocenters. The lowest BCUT2D eigenvalue weighted by molar-refractivity contribution is 0.0945. The Hall–Kier alpha value is -4.31. The van der Waals surface area contributed by atoms with Gasteiger partial charge in [0, 0.05) is 41.5 Å². The van der Waals surface area contributed by atoms with Crippen LogP contribution in [0.4, 0.5) is 5.95 Å². The van der Waals surface area contributed by atoms with Gasteiger partial charge in [-0.25, -0.2) is 19.9 Å². The molecule has 1 aromatic carbocycles. The summed E-state index contributed by atoms with van der Waals surface area (Å²) in [5.41, 5.74) is 3.59. The van der Waals surface area contributed by atoms with Crippen LogP contribution >= 0.6 is 12.4 Å². The number of carbonyl (C=O) groups excluding carboxylic acids is 1. The molecule has 0 bridgehead atoms. The van der Waals surface area contributed by atoms with E-state index >= 15 is 0 Å². The molecule has 0 saturated carbocycles. The monoisotopic (exact) mass is 547 g/mol. The number of anilines is 1. The van der Waals surface area contributed by atoms with E-state index in [2.05, 4.69) is 42.4 Å². The van der Waals surface area contributed by atoms with Gasteiger partial charge in [0.1, 0.15) is 17.8 Å². The van der Waals surface area contributed by atoms with Gasteiger partial charge in [0.15, 0.2) is 0 Å². The van der Waals surface area contributed by atoms with Crippen molar-refractivity contribution in [3.63, 3.8) is 0 Å². The molecule has 202 valence electrons. The molecular weight excluding hydrogens is 518 g/mol. The van der Waals surface area contributed by atoms with Gasteiger partial charge in [-0.1, -0.05) is 18.9 Å². The Labute approximate surface area is 232 Å². The Balaban J connectivity index is 0.00000353. The molecule has 4 heterocycles. The van der Waals surface area contributed by atoms with Gasteiger partial charge in [-0.05, 0) is 38.0 Å². The summed E-state index contributed by atoms with van der Waals surface area (Å²) in [5, 5.41) is 4.42. The average Bonchev–Trinajstić information content (AvgIpc) is 3.65. The predicted octanol–water partition coefficient (Wildman–Crippen LogP) is 6.13. The van der Waals surface area contributed by atoms with Crippen molar-refractivity contribution < 1.29 is 13.9 Å². The highest BCUT2D eigenvalue weighted by Gasteiger charge is 2.19. The van der Waals surface area contributed by atoms with Crippen molar-refractivity contribution in [3.8, 4) is 17.0 Å². The molecule has 0 saturated heterocycles. The molecule has 0 aliphatic rings. The Morgan fingerprint density at radius 2 is 1.92 bits per heavy atom. The van der Waals surface area contributed by atoms with Gasteiger partial charge < -0.3 is 19.5 Å². The third-order valence-electron chi connectivity index (χ3n) is 6.30. The minimum absolute atomic E-state index is 0. The standard InChI is InChI=1S/C28H29N7O3.ClH/c1-18-9-10-19-15-20(25(37-2)16-22(19)33-18)23-17-32-26(34-23)21(35-28-30-11-6-12-31-28)7-4-3-5-8-24(36)27-29-13-14-38-27;/h6,9-17,21H,3-5,7-8H2,1-2H3,(H,32,34)(H,30,31,35);1H/t21-;/m0./s1. The molecule has 0 radical (unpaired) electrons. The van der Waals surface area contributed by atoms with Crippen molar-refractivity contribution >= 4 is 35.0 Å². The van der Waals surface area contributed by atoms with Crippen molar-refractivity contribution in [3.05, 3.63) is 78.8 Å². The number of hydrogen-bond acceptors (Lipinski definition) is 9. The second-order valence-electron chi connectivity index (χ2n) is 9.01. The summed E-state index contributed by atoms with van der Waals surface area (Å²) in [5.74, 6) is 2.11. The number of rotatable bonds is 12. The number of imidazole rings is 1. The van der Waals surface area contributed by atoms with E-state index in [1.807, 2.05) is 25.3 Å². The quantitative estimate of drug-likeness (QED) is 0.140. The highest BCUT2D eigenvalue weighted by Crippen LogP contribution is 2.34. The highest BCUT2D eigenvalue weighted by atomic mass is 35.5. The zero-order valence-electron chi connectivity index (χ0n) is 21.8. The number of aromatic amines is 1. The van der Waals surface area contributed by atoms with E-state index in [1.165, 1.54) is 12.5 Å². The molecule has 5 aromatic rings. The number of halogens is 1. The first-order chi connectivity index (χ1) is 18.6. The van der Waals surface area contributed by atoms with E-state index in [1.54, 1.807) is 25.6 Å². The van der Waals surface area contributed by atoms with E-state index in [-0.39, 0.29) is 30.1 Å². The van der Waals surface area contributed by atoms with Gasteiger partial charge in [-0.2, -0.15) is 0 Å². The SMILES string of the molecule is COc1cc2nc(C)ccc2cc1-c1cnc([C@H](CCCCCC(=O)c2ncco2)Nc2ncccn2)[nH]1.Cl. The Morgan fingerprint density at radius 3 is 2.69 bits per heavy atom. The Bertz CT molecular complexity index is 1510. The molecule has 4 aromatic heterocycles. The number of unbranched alkanes of at least 4 members (excludes halogenated alkanes) is 2. The van der Waals surface area contributed by atoms with Crippen molar-refractivity contribution in [1.82, 2.24) is 29.9 Å². The number of nitrogens with one attached hydrogen (secondary N) is 2. The fourth-order valence-corrected chi connectivity index (χ4v) is 4.37. The van der Waals surface area contributed by atoms with Crippen LogP contribution in [-0.2, 0) is 0 Å². The molecular formula is C28H30ClN7O3. The van der Waals surface area contributed by atoms with Gasteiger partial charge in [-0.15, -0.1) is 12.4 Å². The Kier molecular flexibility index (Phi) is 9.22. The third kappa shape index (κ3) is 6.77. The van der Waals surface area contributed by atoms with Gasteiger partial charge in [0.05, 0.1) is 36.8 Å². The topological polar surface area (TPSA) is 132 Å². The lowest BCUT2D eigenvalue weighted by Crippen LogP contribution is -2.14. The molecule has 2 N–H and O–H groups in total. The van der Waals surface area contributed by atoms with Crippen LogP contribution in [0.1, 0.15) is 60.3 Å². The van der Waals surface area contributed by atoms with Crippen LogP contribution < -0.4 is 10.1 Å². The normalized spacial score (nSPS) is 11.6. The maximum atomic E-state index is 12.1. The summed E-state index contributed by atoms with van der Waals surface area (Å²) in [6, 6.07) is 9.69.